The fraction of sp³-hybridized carbons (Fsp3) is 0.222. The van der Waals surface area contributed by atoms with Crippen LogP contribution in [0.4, 0.5) is 0 Å². The van der Waals surface area contributed by atoms with Crippen LogP contribution >= 0.6 is 0 Å². The Hall–Kier alpha value is -3.87. The maximum atomic E-state index is 9.83. The van der Waals surface area contributed by atoms with E-state index < -0.39 is 5.41 Å². The van der Waals surface area contributed by atoms with Gasteiger partial charge in [-0.1, -0.05) is 68.4 Å². The molecule has 2 unspecified atom stereocenters. The van der Waals surface area contributed by atoms with Gasteiger partial charge in [0, 0.05) is 10.8 Å². The van der Waals surface area contributed by atoms with Crippen LogP contribution in [0.1, 0.15) is 65.6 Å². The van der Waals surface area contributed by atoms with Crippen LogP contribution in [0.2, 0.25) is 0 Å². The van der Waals surface area contributed by atoms with Crippen molar-refractivity contribution in [2.24, 2.45) is 0 Å². The third-order valence-corrected chi connectivity index (χ3v) is 6.77. The molecule has 30 heavy (non-hydrogen) atoms. The van der Waals surface area contributed by atoms with Crippen LogP contribution in [0, 0.1) is 34.0 Å². The summed E-state index contributed by atoms with van der Waals surface area (Å²) < 4.78 is 0. The zero-order chi connectivity index (χ0) is 21.4. The second kappa shape index (κ2) is 7.18. The van der Waals surface area contributed by atoms with E-state index in [-0.39, 0.29) is 11.0 Å². The molecule has 144 valence electrons. The van der Waals surface area contributed by atoms with Gasteiger partial charge >= 0.3 is 0 Å². The number of nitrogens with zero attached hydrogens (tertiary/aromatic N) is 3. The topological polar surface area (TPSA) is 71.4 Å². The number of nitriles is 3. The van der Waals surface area contributed by atoms with Crippen LogP contribution in [-0.4, -0.2) is 0 Å². The lowest BCUT2D eigenvalue weighted by Crippen LogP contribution is -2.39. The predicted molar refractivity (Wildman–Crippen MR) is 116 cm³/mol. The minimum absolute atomic E-state index is 0.130. The highest BCUT2D eigenvalue weighted by atomic mass is 14.5. The number of hydrogen-bond acceptors (Lipinski definition) is 3. The quantitative estimate of drug-likeness (QED) is 0.565. The van der Waals surface area contributed by atoms with Crippen molar-refractivity contribution in [3.05, 3.63) is 106 Å². The fourth-order valence-electron chi connectivity index (χ4n) is 4.93. The lowest BCUT2D eigenvalue weighted by molar-refractivity contribution is 0.369. The maximum absolute atomic E-state index is 9.83. The minimum Gasteiger partial charge on any atom is -0.192 e. The number of hydrogen-bond donors (Lipinski definition) is 0. The second-order valence-corrected chi connectivity index (χ2v) is 8.35. The van der Waals surface area contributed by atoms with E-state index >= 15 is 0 Å². The third kappa shape index (κ3) is 2.78. The Balaban J connectivity index is 1.97. The first kappa shape index (κ1) is 19.4. The predicted octanol–water partition coefficient (Wildman–Crippen LogP) is 5.71. The Morgan fingerprint density at radius 1 is 0.600 bits per heavy atom. The van der Waals surface area contributed by atoms with Crippen molar-refractivity contribution in [2.45, 2.75) is 37.5 Å². The highest BCUT2D eigenvalue weighted by Gasteiger charge is 2.44. The average Bonchev–Trinajstić information content (AvgIpc) is 2.81. The summed E-state index contributed by atoms with van der Waals surface area (Å²) in [4.78, 5) is 0. The summed E-state index contributed by atoms with van der Waals surface area (Å²) in [6.07, 6.45) is 1.75. The molecule has 1 aliphatic rings. The van der Waals surface area contributed by atoms with Gasteiger partial charge in [0.25, 0.3) is 0 Å². The molecule has 0 saturated heterocycles. The van der Waals surface area contributed by atoms with Crippen molar-refractivity contribution in [3.63, 3.8) is 0 Å². The maximum Gasteiger partial charge on any atom is 0.101 e. The molecule has 0 amide bonds. The molecule has 1 aliphatic carbocycles. The summed E-state index contributed by atoms with van der Waals surface area (Å²) in [6, 6.07) is 28.7. The molecule has 0 spiro atoms. The van der Waals surface area contributed by atoms with Crippen molar-refractivity contribution in [1.82, 2.24) is 0 Å². The molecule has 0 heterocycles. The van der Waals surface area contributed by atoms with Gasteiger partial charge in [0.05, 0.1) is 22.8 Å². The molecule has 0 fully saturated rings. The summed E-state index contributed by atoms with van der Waals surface area (Å²) in [7, 11) is 0. The molecule has 0 radical (unpaired) electrons. The summed E-state index contributed by atoms with van der Waals surface area (Å²) in [5.74, 6) is 0. The Morgan fingerprint density at radius 2 is 1.10 bits per heavy atom. The summed E-state index contributed by atoms with van der Waals surface area (Å²) in [5, 5.41) is 28.8. The van der Waals surface area contributed by atoms with Crippen molar-refractivity contribution in [3.8, 4) is 18.2 Å². The molecule has 0 aromatic heterocycles. The van der Waals surface area contributed by atoms with E-state index in [0.717, 1.165) is 18.4 Å². The van der Waals surface area contributed by atoms with Crippen molar-refractivity contribution in [2.75, 3.05) is 0 Å². The smallest absolute Gasteiger partial charge is 0.101 e. The SMILES string of the molecule is CC1(c2ccccc2)CCC(C)(c2cc(C#N)c(C#N)cc2C#N)c2ccccc21. The summed E-state index contributed by atoms with van der Waals surface area (Å²) >= 11 is 0. The standard InChI is InChI=1S/C27H21N3/c1-26(22-8-4-3-5-9-22)12-13-27(2,24-11-7-6-10-23(24)26)25-15-20(17-29)19(16-28)14-21(25)18-30/h3-11,14-15H,12-13H2,1-2H3. The van der Waals surface area contributed by atoms with Crippen molar-refractivity contribution >= 4 is 0 Å². The third-order valence-electron chi connectivity index (χ3n) is 6.77. The number of fused-ring (bicyclic) bond motifs is 1. The van der Waals surface area contributed by atoms with E-state index in [1.807, 2.05) is 18.2 Å². The van der Waals surface area contributed by atoms with Crippen LogP contribution in [0.15, 0.2) is 66.7 Å². The van der Waals surface area contributed by atoms with E-state index in [9.17, 15) is 15.8 Å². The van der Waals surface area contributed by atoms with Crippen LogP contribution in [0.5, 0.6) is 0 Å². The monoisotopic (exact) mass is 387 g/mol. The van der Waals surface area contributed by atoms with E-state index in [1.165, 1.54) is 16.7 Å². The largest absolute Gasteiger partial charge is 0.192 e. The molecule has 3 nitrogen and oxygen atoms in total. The van der Waals surface area contributed by atoms with Crippen LogP contribution in [0.25, 0.3) is 0 Å². The van der Waals surface area contributed by atoms with E-state index in [4.69, 9.17) is 0 Å². The zero-order valence-corrected chi connectivity index (χ0v) is 17.1. The molecule has 2 atom stereocenters. The lowest BCUT2D eigenvalue weighted by Gasteiger charge is -2.46. The molecule has 3 aromatic rings. The summed E-state index contributed by atoms with van der Waals surface area (Å²) in [5.41, 5.74) is 5.00. The Morgan fingerprint density at radius 3 is 1.70 bits per heavy atom. The highest BCUT2D eigenvalue weighted by Crippen LogP contribution is 2.52. The molecule has 0 aliphatic heterocycles. The van der Waals surface area contributed by atoms with Gasteiger partial charge in [0.2, 0.25) is 0 Å². The van der Waals surface area contributed by atoms with Crippen LogP contribution in [-0.2, 0) is 10.8 Å². The van der Waals surface area contributed by atoms with Gasteiger partial charge in [-0.25, -0.2) is 0 Å². The first-order valence-corrected chi connectivity index (χ1v) is 10.0. The summed E-state index contributed by atoms with van der Waals surface area (Å²) in [6.45, 7) is 4.44. The molecular weight excluding hydrogens is 366 g/mol. The van der Waals surface area contributed by atoms with Gasteiger partial charge in [-0.3, -0.25) is 0 Å². The lowest BCUT2D eigenvalue weighted by atomic mass is 9.57. The number of rotatable bonds is 2. The first-order chi connectivity index (χ1) is 14.5. The molecule has 3 heteroatoms. The molecule has 3 aromatic carbocycles. The first-order valence-electron chi connectivity index (χ1n) is 10.0. The van der Waals surface area contributed by atoms with Crippen LogP contribution in [0.3, 0.4) is 0 Å². The molecular formula is C27H21N3. The van der Waals surface area contributed by atoms with Gasteiger partial charge < -0.3 is 0 Å². The molecule has 4 rings (SSSR count). The Labute approximate surface area is 177 Å². The Kier molecular flexibility index (Phi) is 4.66. The Bertz CT molecular complexity index is 1250. The fourth-order valence-corrected chi connectivity index (χ4v) is 4.93. The molecule has 0 bridgehead atoms. The van der Waals surface area contributed by atoms with E-state index in [1.54, 1.807) is 12.1 Å². The van der Waals surface area contributed by atoms with Gasteiger partial charge in [-0.2, -0.15) is 15.8 Å². The minimum atomic E-state index is -0.421. The van der Waals surface area contributed by atoms with Crippen molar-refractivity contribution < 1.29 is 0 Å². The van der Waals surface area contributed by atoms with Gasteiger partial charge in [0.15, 0.2) is 0 Å². The van der Waals surface area contributed by atoms with Gasteiger partial charge in [0.1, 0.15) is 12.1 Å². The average molecular weight is 387 g/mol. The highest BCUT2D eigenvalue weighted by molar-refractivity contribution is 5.60. The van der Waals surface area contributed by atoms with Gasteiger partial charge in [-0.15, -0.1) is 0 Å². The van der Waals surface area contributed by atoms with E-state index in [0.29, 0.717) is 11.1 Å². The van der Waals surface area contributed by atoms with Crippen LogP contribution < -0.4 is 0 Å². The van der Waals surface area contributed by atoms with Gasteiger partial charge in [-0.05, 0) is 47.2 Å². The van der Waals surface area contributed by atoms with Crippen molar-refractivity contribution in [1.29, 1.82) is 15.8 Å². The zero-order valence-electron chi connectivity index (χ0n) is 17.1. The normalized spacial score (nSPS) is 22.2. The number of benzene rings is 3. The molecule has 0 N–H and O–H groups in total. The second-order valence-electron chi connectivity index (χ2n) is 8.35. The van der Waals surface area contributed by atoms with E-state index in [2.05, 4.69) is 68.5 Å². The molecule has 0 saturated carbocycles.